The lowest BCUT2D eigenvalue weighted by atomic mass is 10.1. The van der Waals surface area contributed by atoms with Crippen LogP contribution in [0.25, 0.3) is 0 Å². The monoisotopic (exact) mass is 1350 g/mol. The molecule has 1 aromatic rings. The smallest absolute Gasteiger partial charge is 0.335 e. The van der Waals surface area contributed by atoms with Crippen LogP contribution in [0.1, 0.15) is 27.6 Å². The predicted octanol–water partition coefficient (Wildman–Crippen LogP) is 1.50. The molecule has 1 rings (SSSR count). The maximum Gasteiger partial charge on any atom is 0.335 e. The summed E-state index contributed by atoms with van der Waals surface area (Å²) in [7, 11) is 61.9. The van der Waals surface area contributed by atoms with Gasteiger partial charge in [-0.25, -0.2) is 4.79 Å². The van der Waals surface area contributed by atoms with Crippen molar-refractivity contribution in [3.8, 4) is 0 Å². The molecule has 40 heteroatoms. The molecule has 0 radical (unpaired) electrons. The maximum atomic E-state index is 10.8. The van der Waals surface area contributed by atoms with Gasteiger partial charge in [-0.2, -0.15) is 0 Å². The first-order chi connectivity index (χ1) is 24.0. The number of carbonyl (C=O) groups excluding carboxylic acids is 1. The number of aromatic carboxylic acids is 1. The first kappa shape index (κ1) is 55.5. The zero-order chi connectivity index (χ0) is 35.9. The summed E-state index contributed by atoms with van der Waals surface area (Å²) in [5.41, 5.74) is 0.567. The number of hydrogen-bond donors (Lipinski definition) is 1. The standard InChI is InChI=1S/C9H8O3.S37/c1-6(10)7-3-2-4-8(5-7)9(11)12;1-3-5-7-9-11-13-15-17-19-21-23-25-27-29-31-33-35-37-36-34-32-30-28-26-24-22-20-18-16-14-12-10-8-6-4-2/h2-5H,1H3,(H,11,12);. The molecule has 1 N–H and O–H groups in total. The first-order valence-electron chi connectivity index (χ1n) is 9.45. The van der Waals surface area contributed by atoms with Crippen LogP contribution in [0, 0.1) is 0 Å². The van der Waals surface area contributed by atoms with E-state index in [0.29, 0.717) is 5.56 Å². The zero-order valence-corrected chi connectivity index (χ0v) is 51.9. The van der Waals surface area contributed by atoms with E-state index in [9.17, 15) is 9.59 Å². The summed E-state index contributed by atoms with van der Waals surface area (Å²) in [4.78, 5) is 21.3. The van der Waals surface area contributed by atoms with Gasteiger partial charge in [0, 0.05) is 339 Å². The van der Waals surface area contributed by atoms with Crippen molar-refractivity contribution in [2.45, 2.75) is 6.92 Å². The van der Waals surface area contributed by atoms with Crippen LogP contribution in [-0.2, 0) is 333 Å². The highest BCUT2D eigenvalue weighted by atomic mass is 33.5. The molecule has 0 aliphatic heterocycles. The van der Waals surface area contributed by atoms with Crippen molar-refractivity contribution in [1.82, 2.24) is 0 Å². The van der Waals surface area contributed by atoms with Crippen LogP contribution in [0.2, 0.25) is 0 Å². The first-order valence-corrected chi connectivity index (χ1v) is 57.5. The second-order valence-electron chi connectivity index (χ2n) is 4.82. The van der Waals surface area contributed by atoms with Crippen molar-refractivity contribution in [2.24, 2.45) is 0 Å². The molecule has 0 heterocycles. The fourth-order valence-electron chi connectivity index (χ4n) is 1.25. The topological polar surface area (TPSA) is 54.4 Å². The van der Waals surface area contributed by atoms with Gasteiger partial charge in [-0.15, -0.1) is 0 Å². The van der Waals surface area contributed by atoms with E-state index in [1.807, 2.05) is 186 Å². The number of carbonyl (C=O) groups is 2. The van der Waals surface area contributed by atoms with Gasteiger partial charge in [0.25, 0.3) is 0 Å². The van der Waals surface area contributed by atoms with E-state index in [2.05, 4.69) is 0 Å². The molecule has 49 heavy (non-hydrogen) atoms. The van der Waals surface area contributed by atoms with Crippen LogP contribution in [-0.4, -0.2) is 16.9 Å². The van der Waals surface area contributed by atoms with E-state index in [-0.39, 0.29) is 11.3 Å². The Kier molecular flexibility index (Phi) is 53.4. The number of carboxylic acid groups (broad SMARTS) is 1. The number of hydrogen-bond acceptors (Lipinski definition) is 4. The second-order valence-corrected chi connectivity index (χ2v) is 66.7. The van der Waals surface area contributed by atoms with Gasteiger partial charge in [0.15, 0.2) is 5.78 Å². The fourth-order valence-corrected chi connectivity index (χ4v) is 91.8. The summed E-state index contributed by atoms with van der Waals surface area (Å²) in [6.07, 6.45) is 0. The van der Waals surface area contributed by atoms with E-state index in [4.69, 9.17) is 27.5 Å². The molecule has 0 aromatic heterocycles. The molecular weight excluding hydrogens is 1340 g/mol. The Morgan fingerprint density at radius 1 is 0.408 bits per heavy atom. The lowest BCUT2D eigenvalue weighted by Gasteiger charge is -1.96. The normalized spacial score (nSPS) is 8.10. The van der Waals surface area contributed by atoms with Crippen molar-refractivity contribution < 1.29 is 14.7 Å². The molecule has 0 bridgehead atoms. The minimum Gasteiger partial charge on any atom is -0.478 e. The fraction of sp³-hybridized carbons (Fsp3) is 0.111. The van der Waals surface area contributed by atoms with E-state index >= 15 is 0 Å². The van der Waals surface area contributed by atoms with Crippen molar-refractivity contribution in [3.63, 3.8) is 0 Å². The second kappa shape index (κ2) is 47.2. The van der Waals surface area contributed by atoms with E-state index in [1.165, 1.54) is 36.8 Å². The van der Waals surface area contributed by atoms with Crippen molar-refractivity contribution in [3.05, 3.63) is 35.4 Å². The quantitative estimate of drug-likeness (QED) is 0.456. The molecule has 3 nitrogen and oxygen atoms in total. The van der Waals surface area contributed by atoms with Crippen LogP contribution in [0.4, 0.5) is 0 Å². The summed E-state index contributed by atoms with van der Waals surface area (Å²) in [5.74, 6) is -1.14. The van der Waals surface area contributed by atoms with Gasteiger partial charge in [0.2, 0.25) is 0 Å². The maximum absolute atomic E-state index is 10.8. The molecule has 0 saturated heterocycles. The third-order valence-electron chi connectivity index (χ3n) is 2.46. The van der Waals surface area contributed by atoms with Gasteiger partial charge in [-0.05, 0) is 19.1 Å². The average molecular weight is 1350 g/mol. The molecule has 0 amide bonds. The molecule has 284 valence electrons. The van der Waals surface area contributed by atoms with Gasteiger partial charge in [0.1, 0.15) is 0 Å². The van der Waals surface area contributed by atoms with Crippen molar-refractivity contribution in [2.75, 3.05) is 0 Å². The van der Waals surface area contributed by atoms with Crippen LogP contribution >= 0.6 is 0 Å². The number of Topliss-reactive ketones (excluding diaryl/α,β-unsaturated/α-hetero) is 1. The predicted molar refractivity (Wildman–Crippen MR) is 316 cm³/mol. The highest BCUT2D eigenvalue weighted by Crippen LogP contribution is 2.05. The van der Waals surface area contributed by atoms with Crippen LogP contribution in [0.5, 0.6) is 0 Å². The number of rotatable bonds is 2. The lowest BCUT2D eigenvalue weighted by molar-refractivity contribution is 0.0697. The van der Waals surface area contributed by atoms with Crippen molar-refractivity contribution >= 4 is 345 Å². The summed E-state index contributed by atoms with van der Waals surface area (Å²) in [6.45, 7) is 1.40. The van der Waals surface area contributed by atoms with Crippen LogP contribution in [0.3, 0.4) is 0 Å². The summed E-state index contributed by atoms with van der Waals surface area (Å²) < 4.78 is 0. The molecule has 0 saturated carbocycles. The largest absolute Gasteiger partial charge is 0.478 e. The Bertz CT molecular complexity index is 2780. The highest BCUT2D eigenvalue weighted by molar-refractivity contribution is 8.80. The van der Waals surface area contributed by atoms with E-state index < -0.39 is 5.97 Å². The SMILES string of the molecule is CC(=O)c1cccc(C(=O)O)c1.S=S=S=S=S=S=S=S=S=S=S=S=S=S=S=S=S=S=S=S=S=S=S=S=S=S=S=S=S=S=S=S=S=S=S=S=S. The van der Waals surface area contributed by atoms with Gasteiger partial charge >= 0.3 is 5.97 Å². The Balaban J connectivity index is 0.00000160. The van der Waals surface area contributed by atoms with Gasteiger partial charge < -0.3 is 5.11 Å². The highest BCUT2D eigenvalue weighted by Gasteiger charge is 2.04. The minimum absolute atomic E-state index is 0.127. The Morgan fingerprint density at radius 3 is 0.796 bits per heavy atom. The van der Waals surface area contributed by atoms with Crippen LogP contribution < -0.4 is 0 Å². The van der Waals surface area contributed by atoms with E-state index in [0.717, 1.165) is 0 Å². The molecule has 0 aliphatic rings. The molecule has 1 aromatic carbocycles. The summed E-state index contributed by atoms with van der Waals surface area (Å²) >= 11 is 9.60. The molecule has 0 spiro atoms. The summed E-state index contributed by atoms with van der Waals surface area (Å²) in [6, 6.07) is 5.97. The number of carboxylic acids is 1. The van der Waals surface area contributed by atoms with Gasteiger partial charge in [-0.1, -0.05) is 12.1 Å². The molecular formula is C9H8O3S37. The third kappa shape index (κ3) is 43.9. The minimum atomic E-state index is -1.02. The van der Waals surface area contributed by atoms with E-state index in [1.54, 1.807) is 119 Å². The zero-order valence-electron chi connectivity index (χ0n) is 21.7. The lowest BCUT2D eigenvalue weighted by Crippen LogP contribution is -1.99. The third-order valence-corrected chi connectivity index (χ3v) is 78.0. The molecule has 0 unspecified atom stereocenters. The van der Waals surface area contributed by atoms with Gasteiger partial charge in [0.05, 0.1) is 5.56 Å². The summed E-state index contributed by atoms with van der Waals surface area (Å²) in [5, 5.41) is 8.58. The van der Waals surface area contributed by atoms with Crippen LogP contribution in [0.15, 0.2) is 24.3 Å². The average Bonchev–Trinajstić information content (AvgIpc) is 3.10. The van der Waals surface area contributed by atoms with Gasteiger partial charge in [-0.3, -0.25) is 4.79 Å². The van der Waals surface area contributed by atoms with Crippen molar-refractivity contribution in [1.29, 1.82) is 0 Å². The Hall–Kier alpha value is 6.50. The number of benzene rings is 1. The molecule has 0 aliphatic carbocycles. The number of ketones is 1. The Labute approximate surface area is 392 Å². The Morgan fingerprint density at radius 2 is 0.612 bits per heavy atom. The molecule has 0 atom stereocenters. The molecule has 0 fully saturated rings.